The molecular weight excluding hydrogens is 342 g/mol. The summed E-state index contributed by atoms with van der Waals surface area (Å²) in [7, 11) is 0. The molecule has 1 atom stereocenters. The Balaban J connectivity index is 2.32. The maximum Gasteiger partial charge on any atom is 0.308 e. The summed E-state index contributed by atoms with van der Waals surface area (Å²) in [5.41, 5.74) is 0. The second-order valence-electron chi connectivity index (χ2n) is 5.20. The molecule has 0 radical (unpaired) electrons. The Labute approximate surface area is 131 Å². The topological polar surface area (TPSA) is 66.4 Å². The molecule has 0 bridgehead atoms. The van der Waals surface area contributed by atoms with E-state index in [-0.39, 0.29) is 12.5 Å². The van der Waals surface area contributed by atoms with Gasteiger partial charge in [-0.1, -0.05) is 13.8 Å². The highest BCUT2D eigenvalue weighted by molar-refractivity contribution is 9.10. The maximum absolute atomic E-state index is 11.7. The smallest absolute Gasteiger partial charge is 0.308 e. The van der Waals surface area contributed by atoms with Crippen molar-refractivity contribution in [2.24, 2.45) is 11.8 Å². The van der Waals surface area contributed by atoms with Crippen LogP contribution in [-0.4, -0.2) is 23.5 Å². The number of thiophene rings is 1. The number of aliphatic carboxylic acids is 1. The summed E-state index contributed by atoms with van der Waals surface area (Å²) in [6.45, 7) is 4.17. The number of hydrogen-bond acceptors (Lipinski definition) is 3. The van der Waals surface area contributed by atoms with E-state index < -0.39 is 11.9 Å². The Morgan fingerprint density at radius 3 is 2.65 bits per heavy atom. The highest BCUT2D eigenvalue weighted by Crippen LogP contribution is 2.20. The SMILES string of the molecule is CC(C)CC(CNC(=O)CCc1cc(Br)cs1)C(=O)O. The molecule has 20 heavy (non-hydrogen) atoms. The maximum atomic E-state index is 11.7. The van der Waals surface area contributed by atoms with Gasteiger partial charge in [-0.15, -0.1) is 11.3 Å². The summed E-state index contributed by atoms with van der Waals surface area (Å²) in [4.78, 5) is 23.9. The van der Waals surface area contributed by atoms with Crippen LogP contribution < -0.4 is 5.32 Å². The van der Waals surface area contributed by atoms with E-state index in [0.29, 0.717) is 25.2 Å². The lowest BCUT2D eigenvalue weighted by Gasteiger charge is -2.15. The summed E-state index contributed by atoms with van der Waals surface area (Å²) in [5.74, 6) is -1.14. The zero-order chi connectivity index (χ0) is 15.1. The lowest BCUT2D eigenvalue weighted by molar-refractivity contribution is -0.142. The van der Waals surface area contributed by atoms with Gasteiger partial charge in [0, 0.05) is 27.7 Å². The molecule has 0 saturated heterocycles. The van der Waals surface area contributed by atoms with Gasteiger partial charge in [-0.2, -0.15) is 0 Å². The third-order valence-corrected chi connectivity index (χ3v) is 4.63. The molecule has 0 aromatic carbocycles. The molecule has 1 aromatic rings. The van der Waals surface area contributed by atoms with Crippen molar-refractivity contribution >= 4 is 39.1 Å². The van der Waals surface area contributed by atoms with Crippen LogP contribution in [0.5, 0.6) is 0 Å². The number of nitrogens with one attached hydrogen (secondary N) is 1. The van der Waals surface area contributed by atoms with Crippen molar-refractivity contribution in [2.45, 2.75) is 33.1 Å². The van der Waals surface area contributed by atoms with Crippen LogP contribution in [0.15, 0.2) is 15.9 Å². The first-order valence-electron chi connectivity index (χ1n) is 6.61. The van der Waals surface area contributed by atoms with E-state index in [1.807, 2.05) is 25.3 Å². The molecule has 1 amide bonds. The lowest BCUT2D eigenvalue weighted by atomic mass is 9.97. The van der Waals surface area contributed by atoms with Crippen LogP contribution in [0.1, 0.15) is 31.6 Å². The third kappa shape index (κ3) is 6.52. The van der Waals surface area contributed by atoms with Gasteiger partial charge >= 0.3 is 5.97 Å². The number of aryl methyl sites for hydroxylation is 1. The van der Waals surface area contributed by atoms with E-state index in [1.54, 1.807) is 11.3 Å². The van der Waals surface area contributed by atoms with Crippen LogP contribution in [0.4, 0.5) is 0 Å². The van der Waals surface area contributed by atoms with Gasteiger partial charge in [-0.25, -0.2) is 0 Å². The number of carbonyl (C=O) groups is 2. The minimum absolute atomic E-state index is 0.0930. The molecular formula is C14H20BrNO3S. The fraction of sp³-hybridized carbons (Fsp3) is 0.571. The fourth-order valence-electron chi connectivity index (χ4n) is 1.89. The van der Waals surface area contributed by atoms with Gasteiger partial charge in [0.05, 0.1) is 5.92 Å². The largest absolute Gasteiger partial charge is 0.481 e. The minimum atomic E-state index is -0.846. The minimum Gasteiger partial charge on any atom is -0.481 e. The Morgan fingerprint density at radius 1 is 1.45 bits per heavy atom. The summed E-state index contributed by atoms with van der Waals surface area (Å²) in [6.07, 6.45) is 1.65. The Hall–Kier alpha value is -0.880. The van der Waals surface area contributed by atoms with Gasteiger partial charge in [0.25, 0.3) is 0 Å². The highest BCUT2D eigenvalue weighted by atomic mass is 79.9. The average Bonchev–Trinajstić information content (AvgIpc) is 2.77. The fourth-order valence-corrected chi connectivity index (χ4v) is 3.34. The third-order valence-electron chi connectivity index (χ3n) is 2.87. The number of carboxylic acid groups (broad SMARTS) is 1. The number of hydrogen-bond donors (Lipinski definition) is 2. The number of rotatable bonds is 8. The van der Waals surface area contributed by atoms with E-state index >= 15 is 0 Å². The molecule has 4 nitrogen and oxygen atoms in total. The number of halogens is 1. The normalized spacial score (nSPS) is 12.4. The van der Waals surface area contributed by atoms with E-state index in [0.717, 1.165) is 9.35 Å². The van der Waals surface area contributed by atoms with Gasteiger partial charge < -0.3 is 10.4 Å². The van der Waals surface area contributed by atoms with Crippen LogP contribution >= 0.6 is 27.3 Å². The van der Waals surface area contributed by atoms with Gasteiger partial charge in [-0.05, 0) is 40.8 Å². The standard InChI is InChI=1S/C14H20BrNO3S/c1-9(2)5-10(14(18)19)7-16-13(17)4-3-12-6-11(15)8-20-12/h6,8-10H,3-5,7H2,1-2H3,(H,16,17)(H,18,19). The first-order chi connectivity index (χ1) is 9.38. The van der Waals surface area contributed by atoms with Gasteiger partial charge in [-0.3, -0.25) is 9.59 Å². The first kappa shape index (κ1) is 17.2. The molecule has 6 heteroatoms. The van der Waals surface area contributed by atoms with Crippen molar-refractivity contribution in [3.63, 3.8) is 0 Å². The van der Waals surface area contributed by atoms with Gasteiger partial charge in [0.2, 0.25) is 5.91 Å². The molecule has 2 N–H and O–H groups in total. The van der Waals surface area contributed by atoms with Gasteiger partial charge in [0.15, 0.2) is 0 Å². The van der Waals surface area contributed by atoms with E-state index in [1.165, 1.54) is 0 Å². The molecule has 0 spiro atoms. The van der Waals surface area contributed by atoms with E-state index in [4.69, 9.17) is 5.11 Å². The summed E-state index contributed by atoms with van der Waals surface area (Å²) < 4.78 is 1.03. The molecule has 0 aliphatic carbocycles. The number of carboxylic acids is 1. The van der Waals surface area contributed by atoms with Gasteiger partial charge in [0.1, 0.15) is 0 Å². The number of carbonyl (C=O) groups excluding carboxylic acids is 1. The Morgan fingerprint density at radius 2 is 2.15 bits per heavy atom. The quantitative estimate of drug-likeness (QED) is 0.746. The summed E-state index contributed by atoms with van der Waals surface area (Å²) in [6, 6.07) is 2.00. The van der Waals surface area contributed by atoms with Crippen molar-refractivity contribution in [3.8, 4) is 0 Å². The van der Waals surface area contributed by atoms with Crippen molar-refractivity contribution in [3.05, 3.63) is 20.8 Å². The van der Waals surface area contributed by atoms with Crippen LogP contribution in [-0.2, 0) is 16.0 Å². The predicted molar refractivity (Wildman–Crippen MR) is 83.9 cm³/mol. The molecule has 0 aliphatic rings. The number of amides is 1. The molecule has 1 heterocycles. The second kappa shape index (κ2) is 8.42. The van der Waals surface area contributed by atoms with E-state index in [2.05, 4.69) is 21.2 Å². The zero-order valence-corrected chi connectivity index (χ0v) is 14.1. The average molecular weight is 362 g/mol. The highest BCUT2D eigenvalue weighted by Gasteiger charge is 2.19. The summed E-state index contributed by atoms with van der Waals surface area (Å²) >= 11 is 4.98. The monoisotopic (exact) mass is 361 g/mol. The van der Waals surface area contributed by atoms with Crippen LogP contribution in [0.25, 0.3) is 0 Å². The van der Waals surface area contributed by atoms with Crippen molar-refractivity contribution in [1.82, 2.24) is 5.32 Å². The van der Waals surface area contributed by atoms with Crippen molar-refractivity contribution in [1.29, 1.82) is 0 Å². The zero-order valence-electron chi connectivity index (χ0n) is 11.7. The van der Waals surface area contributed by atoms with E-state index in [9.17, 15) is 9.59 Å². The molecule has 1 unspecified atom stereocenters. The van der Waals surface area contributed by atoms with Crippen molar-refractivity contribution in [2.75, 3.05) is 6.54 Å². The molecule has 112 valence electrons. The molecule has 1 rings (SSSR count). The molecule has 0 saturated carbocycles. The van der Waals surface area contributed by atoms with Crippen LogP contribution in [0.3, 0.4) is 0 Å². The predicted octanol–water partition coefficient (Wildman–Crippen LogP) is 3.31. The molecule has 1 aromatic heterocycles. The Bertz CT molecular complexity index is 459. The molecule has 0 aliphatic heterocycles. The first-order valence-corrected chi connectivity index (χ1v) is 8.28. The molecule has 0 fully saturated rings. The van der Waals surface area contributed by atoms with Crippen LogP contribution in [0, 0.1) is 11.8 Å². The van der Waals surface area contributed by atoms with Crippen molar-refractivity contribution < 1.29 is 14.7 Å². The summed E-state index contributed by atoms with van der Waals surface area (Å²) in [5, 5.41) is 13.8. The lowest BCUT2D eigenvalue weighted by Crippen LogP contribution is -2.33. The Kier molecular flexibility index (Phi) is 7.23. The van der Waals surface area contributed by atoms with Crippen LogP contribution in [0.2, 0.25) is 0 Å². The second-order valence-corrected chi connectivity index (χ2v) is 7.11.